The van der Waals surface area contributed by atoms with E-state index >= 15 is 0 Å². The van der Waals surface area contributed by atoms with Crippen molar-refractivity contribution >= 4 is 11.6 Å². The van der Waals surface area contributed by atoms with Crippen LogP contribution in [-0.2, 0) is 0 Å². The van der Waals surface area contributed by atoms with Crippen LogP contribution in [0.5, 0.6) is 0 Å². The van der Waals surface area contributed by atoms with Gasteiger partial charge in [-0.15, -0.1) is 0 Å². The molecule has 2 heterocycles. The molecule has 2 unspecified atom stereocenters. The predicted molar refractivity (Wildman–Crippen MR) is 79.9 cm³/mol. The molecule has 1 amide bonds. The molecule has 1 fully saturated rings. The molecule has 0 spiro atoms. The normalized spacial score (nSPS) is 21.1. The van der Waals surface area contributed by atoms with E-state index in [-0.39, 0.29) is 17.6 Å². The van der Waals surface area contributed by atoms with Crippen LogP contribution < -0.4 is 10.6 Å². The van der Waals surface area contributed by atoms with Gasteiger partial charge in [0.1, 0.15) is 11.5 Å². The predicted octanol–water partition coefficient (Wildman–Crippen LogP) is 1.63. The van der Waals surface area contributed by atoms with Gasteiger partial charge >= 0.3 is 0 Å². The molecule has 3 rings (SSSR count). The Bertz CT molecular complexity index is 690. The van der Waals surface area contributed by atoms with Gasteiger partial charge in [0.2, 0.25) is 0 Å². The minimum atomic E-state index is -0.597. The fraction of sp³-hybridized carbons (Fsp3) is 0.250. The summed E-state index contributed by atoms with van der Waals surface area (Å²) in [5, 5.41) is 10.0. The largest absolute Gasteiger partial charge is 0.391 e. The van der Waals surface area contributed by atoms with Crippen molar-refractivity contribution in [3.63, 3.8) is 0 Å². The molecule has 2 atom stereocenters. The number of carbonyl (C=O) groups excluding carboxylic acids is 1. The summed E-state index contributed by atoms with van der Waals surface area (Å²) in [5.41, 5.74) is 7.11. The number of nitrogens with two attached hydrogens (primary N) is 1. The lowest BCUT2D eigenvalue weighted by atomic mass is 10.0. The molecule has 1 aliphatic rings. The van der Waals surface area contributed by atoms with Crippen LogP contribution in [0.15, 0.2) is 42.6 Å². The van der Waals surface area contributed by atoms with Crippen molar-refractivity contribution in [3.8, 4) is 0 Å². The van der Waals surface area contributed by atoms with E-state index in [4.69, 9.17) is 5.73 Å². The summed E-state index contributed by atoms with van der Waals surface area (Å²) in [4.78, 5) is 17.2. The third-order valence-electron chi connectivity index (χ3n) is 3.86. The van der Waals surface area contributed by atoms with Gasteiger partial charge in [-0.05, 0) is 36.2 Å². The first-order valence-electron chi connectivity index (χ1n) is 7.00. The Morgan fingerprint density at radius 3 is 2.73 bits per heavy atom. The molecule has 2 aromatic rings. The number of aliphatic hydroxyl groups is 1. The van der Waals surface area contributed by atoms with E-state index in [9.17, 15) is 14.3 Å². The molecular weight excluding hydrogens is 285 g/mol. The number of nitrogens with zero attached hydrogens (tertiary/aromatic N) is 2. The summed E-state index contributed by atoms with van der Waals surface area (Å²) in [6.45, 7) is 0.435. The maximum Gasteiger partial charge on any atom is 0.267 e. The van der Waals surface area contributed by atoms with Crippen molar-refractivity contribution in [1.82, 2.24) is 4.98 Å². The van der Waals surface area contributed by atoms with Crippen molar-refractivity contribution < 1.29 is 14.3 Å². The third-order valence-corrected chi connectivity index (χ3v) is 3.86. The standard InChI is InChI=1S/C16H16FN3O2/c17-11-3-1-10(2-4-11)15-8-13(21)9-20(15)12-5-6-19-14(7-12)16(18)22/h1-7,13,15,21H,8-9H2,(H2,18,22). The van der Waals surface area contributed by atoms with Crippen LogP contribution in [0.4, 0.5) is 10.1 Å². The Morgan fingerprint density at radius 1 is 1.32 bits per heavy atom. The number of hydrogen-bond acceptors (Lipinski definition) is 4. The molecule has 0 aliphatic carbocycles. The molecule has 1 saturated heterocycles. The number of β-amino-alcohol motifs (C(OH)–C–C–N with tert-alkyl or cyclic N) is 1. The van der Waals surface area contributed by atoms with Crippen molar-refractivity contribution in [2.24, 2.45) is 5.73 Å². The number of primary amides is 1. The van der Waals surface area contributed by atoms with Gasteiger partial charge in [0.05, 0.1) is 12.1 Å². The highest BCUT2D eigenvalue weighted by atomic mass is 19.1. The number of carbonyl (C=O) groups is 1. The Balaban J connectivity index is 1.95. The minimum absolute atomic E-state index is 0.0845. The van der Waals surface area contributed by atoms with Gasteiger partial charge in [0, 0.05) is 18.4 Å². The Labute approximate surface area is 127 Å². The van der Waals surface area contributed by atoms with E-state index in [0.29, 0.717) is 13.0 Å². The van der Waals surface area contributed by atoms with Crippen molar-refractivity contribution in [2.45, 2.75) is 18.6 Å². The maximum absolute atomic E-state index is 13.1. The molecule has 0 radical (unpaired) electrons. The van der Waals surface area contributed by atoms with Gasteiger partial charge in [-0.1, -0.05) is 12.1 Å². The van der Waals surface area contributed by atoms with E-state index in [1.165, 1.54) is 18.3 Å². The second-order valence-electron chi connectivity index (χ2n) is 5.37. The summed E-state index contributed by atoms with van der Waals surface area (Å²) in [7, 11) is 0. The van der Waals surface area contributed by atoms with Crippen LogP contribution in [0.3, 0.4) is 0 Å². The fourth-order valence-corrected chi connectivity index (χ4v) is 2.83. The lowest BCUT2D eigenvalue weighted by Crippen LogP contribution is -2.25. The number of amides is 1. The smallest absolute Gasteiger partial charge is 0.267 e. The fourth-order valence-electron chi connectivity index (χ4n) is 2.83. The molecule has 0 bridgehead atoms. The van der Waals surface area contributed by atoms with Crippen LogP contribution in [0.1, 0.15) is 28.5 Å². The van der Waals surface area contributed by atoms with Crippen molar-refractivity contribution in [1.29, 1.82) is 0 Å². The maximum atomic E-state index is 13.1. The first kappa shape index (κ1) is 14.5. The number of aromatic nitrogens is 1. The molecule has 1 aromatic heterocycles. The summed E-state index contributed by atoms with van der Waals surface area (Å²) in [5.74, 6) is -0.895. The zero-order chi connectivity index (χ0) is 15.7. The summed E-state index contributed by atoms with van der Waals surface area (Å²) < 4.78 is 13.1. The van der Waals surface area contributed by atoms with E-state index in [0.717, 1.165) is 11.3 Å². The molecule has 5 nitrogen and oxygen atoms in total. The molecule has 114 valence electrons. The van der Waals surface area contributed by atoms with Gasteiger partial charge in [-0.3, -0.25) is 9.78 Å². The van der Waals surface area contributed by atoms with E-state index in [1.807, 2.05) is 4.90 Å². The van der Waals surface area contributed by atoms with E-state index in [1.54, 1.807) is 24.3 Å². The minimum Gasteiger partial charge on any atom is -0.391 e. The number of pyridine rings is 1. The molecule has 1 aromatic carbocycles. The summed E-state index contributed by atoms with van der Waals surface area (Å²) in [6, 6.07) is 9.51. The third kappa shape index (κ3) is 2.78. The average Bonchev–Trinajstić information content (AvgIpc) is 2.90. The van der Waals surface area contributed by atoms with Crippen LogP contribution in [0.2, 0.25) is 0 Å². The molecule has 22 heavy (non-hydrogen) atoms. The highest BCUT2D eigenvalue weighted by Crippen LogP contribution is 2.36. The lowest BCUT2D eigenvalue weighted by molar-refractivity contribution is 0.0995. The highest BCUT2D eigenvalue weighted by Gasteiger charge is 2.32. The molecule has 0 saturated carbocycles. The first-order chi connectivity index (χ1) is 10.5. The molecular formula is C16H16FN3O2. The van der Waals surface area contributed by atoms with Gasteiger partial charge in [0.25, 0.3) is 5.91 Å². The number of anilines is 1. The first-order valence-corrected chi connectivity index (χ1v) is 7.00. The van der Waals surface area contributed by atoms with Crippen LogP contribution >= 0.6 is 0 Å². The Kier molecular flexibility index (Phi) is 3.77. The number of aliphatic hydroxyl groups excluding tert-OH is 1. The van der Waals surface area contributed by atoms with Crippen LogP contribution in [0.25, 0.3) is 0 Å². The number of rotatable bonds is 3. The van der Waals surface area contributed by atoms with Crippen LogP contribution in [0, 0.1) is 5.82 Å². The quantitative estimate of drug-likeness (QED) is 0.903. The zero-order valence-corrected chi connectivity index (χ0v) is 11.8. The second kappa shape index (κ2) is 5.73. The topological polar surface area (TPSA) is 79.5 Å². The SMILES string of the molecule is NC(=O)c1cc(N2CC(O)CC2c2ccc(F)cc2)ccn1. The van der Waals surface area contributed by atoms with Crippen molar-refractivity contribution in [2.75, 3.05) is 11.4 Å². The highest BCUT2D eigenvalue weighted by molar-refractivity contribution is 5.91. The molecule has 1 aliphatic heterocycles. The Morgan fingerprint density at radius 2 is 2.05 bits per heavy atom. The Hall–Kier alpha value is -2.47. The molecule has 3 N–H and O–H groups in total. The van der Waals surface area contributed by atoms with E-state index < -0.39 is 12.0 Å². The number of hydrogen-bond donors (Lipinski definition) is 2. The van der Waals surface area contributed by atoms with Gasteiger partial charge in [-0.25, -0.2) is 4.39 Å². The van der Waals surface area contributed by atoms with Crippen LogP contribution in [-0.4, -0.2) is 28.6 Å². The number of benzene rings is 1. The molecule has 6 heteroatoms. The van der Waals surface area contributed by atoms with Gasteiger partial charge in [-0.2, -0.15) is 0 Å². The van der Waals surface area contributed by atoms with Crippen molar-refractivity contribution in [3.05, 3.63) is 59.7 Å². The summed E-state index contributed by atoms with van der Waals surface area (Å²) in [6.07, 6.45) is 1.57. The monoisotopic (exact) mass is 301 g/mol. The van der Waals surface area contributed by atoms with Gasteiger partial charge in [0.15, 0.2) is 0 Å². The van der Waals surface area contributed by atoms with E-state index in [2.05, 4.69) is 4.98 Å². The van der Waals surface area contributed by atoms with Gasteiger partial charge < -0.3 is 15.7 Å². The lowest BCUT2D eigenvalue weighted by Gasteiger charge is -2.27. The second-order valence-corrected chi connectivity index (χ2v) is 5.37. The summed E-state index contributed by atoms with van der Waals surface area (Å²) >= 11 is 0. The average molecular weight is 301 g/mol. The number of halogens is 1. The zero-order valence-electron chi connectivity index (χ0n) is 11.8.